The molecule has 0 radical (unpaired) electrons. The summed E-state index contributed by atoms with van der Waals surface area (Å²) < 4.78 is 18.7. The second-order valence-electron chi connectivity index (χ2n) is 4.36. The molecule has 1 aromatic carbocycles. The Labute approximate surface area is 115 Å². The zero-order valence-electron chi connectivity index (χ0n) is 10.7. The molecule has 0 amide bonds. The molecule has 0 aliphatic carbocycles. The predicted octanol–water partition coefficient (Wildman–Crippen LogP) is 2.88. The molecule has 1 rings (SSSR count). The van der Waals surface area contributed by atoms with E-state index in [1.54, 1.807) is 6.07 Å². The number of esters is 1. The molecule has 1 atom stereocenters. The normalized spacial score (nSPS) is 12.6. The van der Waals surface area contributed by atoms with Crippen molar-refractivity contribution in [2.24, 2.45) is 5.92 Å². The Morgan fingerprint density at radius 2 is 2.17 bits per heavy atom. The number of carbonyl (C=O) groups is 1. The van der Waals surface area contributed by atoms with Crippen LogP contribution >= 0.6 is 15.9 Å². The first-order chi connectivity index (χ1) is 8.45. The van der Waals surface area contributed by atoms with Crippen LogP contribution in [0.2, 0.25) is 0 Å². The standard InChI is InChI=1S/C13H17BrFNO2/c1-8(2)12(13(17)18-3)16-7-9-6-10(15)4-5-11(9)14/h4-6,8,12,16H,7H2,1-3H3/t12-/m0/s1. The summed E-state index contributed by atoms with van der Waals surface area (Å²) in [5, 5.41) is 3.08. The van der Waals surface area contributed by atoms with Crippen LogP contribution in [0, 0.1) is 11.7 Å². The maximum absolute atomic E-state index is 13.1. The number of methoxy groups -OCH3 is 1. The Morgan fingerprint density at radius 3 is 2.72 bits per heavy atom. The third-order valence-electron chi connectivity index (χ3n) is 2.64. The van der Waals surface area contributed by atoms with E-state index in [1.165, 1.54) is 19.2 Å². The smallest absolute Gasteiger partial charge is 0.323 e. The number of benzene rings is 1. The third-order valence-corrected chi connectivity index (χ3v) is 3.42. The average Bonchev–Trinajstić information content (AvgIpc) is 2.32. The fourth-order valence-corrected chi connectivity index (χ4v) is 2.00. The second-order valence-corrected chi connectivity index (χ2v) is 5.22. The van der Waals surface area contributed by atoms with Gasteiger partial charge in [-0.05, 0) is 29.7 Å². The summed E-state index contributed by atoms with van der Waals surface area (Å²) in [5.41, 5.74) is 0.768. The molecule has 0 aromatic heterocycles. The van der Waals surface area contributed by atoms with Crippen LogP contribution in [-0.2, 0) is 16.1 Å². The van der Waals surface area contributed by atoms with Crippen LogP contribution in [0.15, 0.2) is 22.7 Å². The van der Waals surface area contributed by atoms with Gasteiger partial charge >= 0.3 is 5.97 Å². The Kier molecular flexibility index (Phi) is 5.75. The lowest BCUT2D eigenvalue weighted by atomic mass is 10.0. The van der Waals surface area contributed by atoms with Crippen molar-refractivity contribution in [1.29, 1.82) is 0 Å². The van der Waals surface area contributed by atoms with Crippen LogP contribution in [-0.4, -0.2) is 19.1 Å². The molecular formula is C13H17BrFNO2. The van der Waals surface area contributed by atoms with Gasteiger partial charge in [0.25, 0.3) is 0 Å². The van der Waals surface area contributed by atoms with Gasteiger partial charge in [0.1, 0.15) is 11.9 Å². The number of ether oxygens (including phenoxy) is 1. The highest BCUT2D eigenvalue weighted by Gasteiger charge is 2.22. The largest absolute Gasteiger partial charge is 0.468 e. The topological polar surface area (TPSA) is 38.3 Å². The molecule has 18 heavy (non-hydrogen) atoms. The molecule has 0 aliphatic heterocycles. The van der Waals surface area contributed by atoms with E-state index in [9.17, 15) is 9.18 Å². The van der Waals surface area contributed by atoms with Gasteiger partial charge in [0.2, 0.25) is 0 Å². The maximum atomic E-state index is 13.1. The van der Waals surface area contributed by atoms with E-state index >= 15 is 0 Å². The van der Waals surface area contributed by atoms with Crippen molar-refractivity contribution < 1.29 is 13.9 Å². The summed E-state index contributed by atoms with van der Waals surface area (Å²) in [6.45, 7) is 4.25. The van der Waals surface area contributed by atoms with E-state index in [2.05, 4.69) is 21.2 Å². The SMILES string of the molecule is COC(=O)[C@@H](NCc1cc(F)ccc1Br)C(C)C. The van der Waals surface area contributed by atoms with Gasteiger partial charge in [-0.25, -0.2) is 4.39 Å². The number of halogens is 2. The Morgan fingerprint density at radius 1 is 1.50 bits per heavy atom. The van der Waals surface area contributed by atoms with Crippen molar-refractivity contribution in [3.05, 3.63) is 34.1 Å². The van der Waals surface area contributed by atoms with Gasteiger partial charge in [-0.2, -0.15) is 0 Å². The lowest BCUT2D eigenvalue weighted by Gasteiger charge is -2.20. The number of carbonyl (C=O) groups excluding carboxylic acids is 1. The van der Waals surface area contributed by atoms with Gasteiger partial charge in [-0.1, -0.05) is 29.8 Å². The molecule has 0 bridgehead atoms. The van der Waals surface area contributed by atoms with Crippen LogP contribution in [0.3, 0.4) is 0 Å². The molecule has 0 saturated carbocycles. The Hall–Kier alpha value is -0.940. The van der Waals surface area contributed by atoms with Gasteiger partial charge in [-0.3, -0.25) is 4.79 Å². The van der Waals surface area contributed by atoms with Crippen LogP contribution in [0.25, 0.3) is 0 Å². The minimum absolute atomic E-state index is 0.102. The van der Waals surface area contributed by atoms with Gasteiger partial charge in [0.05, 0.1) is 7.11 Å². The molecule has 3 nitrogen and oxygen atoms in total. The summed E-state index contributed by atoms with van der Waals surface area (Å²) in [5.74, 6) is -0.503. The van der Waals surface area contributed by atoms with Crippen molar-refractivity contribution in [2.45, 2.75) is 26.4 Å². The average molecular weight is 318 g/mol. The first kappa shape index (κ1) is 15.1. The monoisotopic (exact) mass is 317 g/mol. The minimum Gasteiger partial charge on any atom is -0.468 e. The third kappa shape index (κ3) is 4.07. The molecule has 0 fully saturated rings. The van der Waals surface area contributed by atoms with E-state index in [1.807, 2.05) is 13.8 Å². The maximum Gasteiger partial charge on any atom is 0.323 e. The van der Waals surface area contributed by atoms with Crippen molar-refractivity contribution in [3.63, 3.8) is 0 Å². The Balaban J connectivity index is 2.73. The zero-order chi connectivity index (χ0) is 13.7. The van der Waals surface area contributed by atoms with Gasteiger partial charge in [0, 0.05) is 11.0 Å². The summed E-state index contributed by atoms with van der Waals surface area (Å²) in [6.07, 6.45) is 0. The number of hydrogen-bond acceptors (Lipinski definition) is 3. The highest BCUT2D eigenvalue weighted by molar-refractivity contribution is 9.10. The van der Waals surface area contributed by atoms with Crippen molar-refractivity contribution in [3.8, 4) is 0 Å². The van der Waals surface area contributed by atoms with Crippen molar-refractivity contribution in [1.82, 2.24) is 5.32 Å². The molecule has 0 unspecified atom stereocenters. The number of hydrogen-bond donors (Lipinski definition) is 1. The highest BCUT2D eigenvalue weighted by atomic mass is 79.9. The molecule has 0 spiro atoms. The molecule has 0 heterocycles. The van der Waals surface area contributed by atoms with E-state index in [0.29, 0.717) is 6.54 Å². The second kappa shape index (κ2) is 6.85. The van der Waals surface area contributed by atoms with Gasteiger partial charge in [-0.15, -0.1) is 0 Å². The first-order valence-electron chi connectivity index (χ1n) is 5.70. The zero-order valence-corrected chi connectivity index (χ0v) is 12.3. The summed E-state index contributed by atoms with van der Waals surface area (Å²) in [4.78, 5) is 11.6. The number of rotatable bonds is 5. The summed E-state index contributed by atoms with van der Waals surface area (Å²) in [7, 11) is 1.36. The quantitative estimate of drug-likeness (QED) is 0.849. The summed E-state index contributed by atoms with van der Waals surface area (Å²) in [6, 6.07) is 4.07. The van der Waals surface area contributed by atoms with Crippen molar-refractivity contribution >= 4 is 21.9 Å². The minimum atomic E-state index is -0.398. The van der Waals surface area contributed by atoms with Crippen LogP contribution < -0.4 is 5.32 Å². The molecule has 1 aromatic rings. The molecule has 0 aliphatic rings. The van der Waals surface area contributed by atoms with Crippen LogP contribution in [0.4, 0.5) is 4.39 Å². The molecular weight excluding hydrogens is 301 g/mol. The molecule has 0 saturated heterocycles. The van der Waals surface area contributed by atoms with E-state index < -0.39 is 6.04 Å². The molecule has 5 heteroatoms. The highest BCUT2D eigenvalue weighted by Crippen LogP contribution is 2.18. The fourth-order valence-electron chi connectivity index (χ4n) is 1.62. The Bertz CT molecular complexity index is 423. The van der Waals surface area contributed by atoms with Gasteiger partial charge in [0.15, 0.2) is 0 Å². The number of nitrogens with one attached hydrogen (secondary N) is 1. The summed E-state index contributed by atoms with van der Waals surface area (Å²) >= 11 is 3.35. The predicted molar refractivity (Wildman–Crippen MR) is 71.6 cm³/mol. The lowest BCUT2D eigenvalue weighted by molar-refractivity contribution is -0.144. The van der Waals surface area contributed by atoms with Crippen LogP contribution in [0.5, 0.6) is 0 Å². The fraction of sp³-hybridized carbons (Fsp3) is 0.462. The molecule has 1 N–H and O–H groups in total. The van der Waals surface area contributed by atoms with Crippen LogP contribution in [0.1, 0.15) is 19.4 Å². The molecule has 100 valence electrons. The first-order valence-corrected chi connectivity index (χ1v) is 6.50. The van der Waals surface area contributed by atoms with E-state index in [0.717, 1.165) is 10.0 Å². The van der Waals surface area contributed by atoms with E-state index in [-0.39, 0.29) is 17.7 Å². The van der Waals surface area contributed by atoms with E-state index in [4.69, 9.17) is 4.74 Å². The van der Waals surface area contributed by atoms with Crippen molar-refractivity contribution in [2.75, 3.05) is 7.11 Å². The lowest BCUT2D eigenvalue weighted by Crippen LogP contribution is -2.41. The van der Waals surface area contributed by atoms with Gasteiger partial charge < -0.3 is 10.1 Å².